The van der Waals surface area contributed by atoms with Crippen LogP contribution in [0.5, 0.6) is 0 Å². The van der Waals surface area contributed by atoms with Crippen molar-refractivity contribution in [3.8, 4) is 0 Å². The highest BCUT2D eigenvalue weighted by atomic mass is 16.1. The molecule has 4 heteroatoms. The molecular formula is C15H19N3O. The topological polar surface area (TPSA) is 54.9 Å². The van der Waals surface area contributed by atoms with Crippen molar-refractivity contribution < 1.29 is 4.79 Å². The maximum atomic E-state index is 11.0. The molecule has 1 amide bonds. The molecule has 1 unspecified atom stereocenters. The van der Waals surface area contributed by atoms with Crippen LogP contribution in [0.15, 0.2) is 30.6 Å². The highest BCUT2D eigenvalue weighted by Gasteiger charge is 2.09. The Hall–Kier alpha value is -1.97. The predicted octanol–water partition coefficient (Wildman–Crippen LogP) is 2.33. The zero-order valence-corrected chi connectivity index (χ0v) is 11.4. The van der Waals surface area contributed by atoms with Crippen LogP contribution in [0, 0.1) is 5.92 Å². The van der Waals surface area contributed by atoms with Gasteiger partial charge in [-0.05, 0) is 30.0 Å². The van der Waals surface area contributed by atoms with Gasteiger partial charge in [-0.25, -0.2) is 0 Å². The van der Waals surface area contributed by atoms with E-state index in [4.69, 9.17) is 0 Å². The minimum atomic E-state index is 0.0304. The molecule has 1 heterocycles. The summed E-state index contributed by atoms with van der Waals surface area (Å²) in [5, 5.41) is 2.89. The monoisotopic (exact) mass is 257 g/mol. The first-order chi connectivity index (χ1) is 9.19. The maximum absolute atomic E-state index is 11.0. The van der Waals surface area contributed by atoms with E-state index < -0.39 is 0 Å². The number of nitrogens with one attached hydrogen (secondary N) is 1. The Bertz CT molecular complexity index is 568. The third-order valence-corrected chi connectivity index (χ3v) is 3.28. The molecule has 1 N–H and O–H groups in total. The van der Waals surface area contributed by atoms with Gasteiger partial charge in [-0.3, -0.25) is 14.8 Å². The van der Waals surface area contributed by atoms with Crippen LogP contribution in [0.25, 0.3) is 11.0 Å². The van der Waals surface area contributed by atoms with Gasteiger partial charge in [0, 0.05) is 25.9 Å². The molecule has 0 radical (unpaired) electrons. The van der Waals surface area contributed by atoms with E-state index in [1.165, 1.54) is 5.56 Å². The molecule has 100 valence electrons. The summed E-state index contributed by atoms with van der Waals surface area (Å²) < 4.78 is 0. The van der Waals surface area contributed by atoms with Crippen LogP contribution in [-0.2, 0) is 11.2 Å². The number of hydrogen-bond acceptors (Lipinski definition) is 3. The van der Waals surface area contributed by atoms with Crippen LogP contribution in [0.4, 0.5) is 0 Å². The van der Waals surface area contributed by atoms with Gasteiger partial charge in [0.2, 0.25) is 5.91 Å². The molecule has 0 saturated carbocycles. The maximum Gasteiger partial charge on any atom is 0.216 e. The fourth-order valence-corrected chi connectivity index (χ4v) is 2.12. The Morgan fingerprint density at radius 1 is 1.26 bits per heavy atom. The first kappa shape index (κ1) is 13.5. The molecule has 0 aliphatic carbocycles. The molecule has 2 aromatic rings. The van der Waals surface area contributed by atoms with E-state index >= 15 is 0 Å². The highest BCUT2D eigenvalue weighted by molar-refractivity contribution is 5.74. The number of benzene rings is 1. The zero-order chi connectivity index (χ0) is 13.7. The number of carbonyl (C=O) groups is 1. The zero-order valence-electron chi connectivity index (χ0n) is 11.4. The summed E-state index contributed by atoms with van der Waals surface area (Å²) in [6.45, 7) is 4.43. The molecule has 0 spiro atoms. The van der Waals surface area contributed by atoms with Crippen LogP contribution in [0.1, 0.15) is 25.8 Å². The molecule has 1 aromatic heterocycles. The molecule has 0 bridgehead atoms. The Morgan fingerprint density at radius 2 is 2.00 bits per heavy atom. The van der Waals surface area contributed by atoms with E-state index in [0.717, 1.165) is 30.4 Å². The molecule has 2 rings (SSSR count). The van der Waals surface area contributed by atoms with E-state index in [0.29, 0.717) is 5.92 Å². The summed E-state index contributed by atoms with van der Waals surface area (Å²) in [5.41, 5.74) is 3.08. The van der Waals surface area contributed by atoms with Crippen LogP contribution < -0.4 is 5.32 Å². The normalized spacial score (nSPS) is 12.3. The SMILES string of the molecule is CCC(CNC(C)=O)Cc1ccc2nccnc2c1. The average Bonchev–Trinajstić information content (AvgIpc) is 2.43. The van der Waals surface area contributed by atoms with Gasteiger partial charge in [0.25, 0.3) is 0 Å². The molecule has 19 heavy (non-hydrogen) atoms. The lowest BCUT2D eigenvalue weighted by molar-refractivity contribution is -0.119. The third kappa shape index (κ3) is 3.74. The number of rotatable bonds is 5. The van der Waals surface area contributed by atoms with Gasteiger partial charge in [-0.15, -0.1) is 0 Å². The molecule has 0 aliphatic rings. The van der Waals surface area contributed by atoms with Crippen molar-refractivity contribution in [1.82, 2.24) is 15.3 Å². The predicted molar refractivity (Wildman–Crippen MR) is 75.7 cm³/mol. The minimum Gasteiger partial charge on any atom is -0.356 e. The van der Waals surface area contributed by atoms with Gasteiger partial charge >= 0.3 is 0 Å². The quantitative estimate of drug-likeness (QED) is 0.894. The molecule has 0 fully saturated rings. The van der Waals surface area contributed by atoms with Crippen molar-refractivity contribution in [1.29, 1.82) is 0 Å². The second kappa shape index (κ2) is 6.27. The Morgan fingerprint density at radius 3 is 2.68 bits per heavy atom. The van der Waals surface area contributed by atoms with Crippen LogP contribution in [0.3, 0.4) is 0 Å². The van der Waals surface area contributed by atoms with Gasteiger partial charge < -0.3 is 5.32 Å². The smallest absolute Gasteiger partial charge is 0.216 e. The van der Waals surface area contributed by atoms with E-state index in [1.54, 1.807) is 19.3 Å². The largest absolute Gasteiger partial charge is 0.356 e. The van der Waals surface area contributed by atoms with Gasteiger partial charge in [-0.2, -0.15) is 0 Å². The molecule has 0 saturated heterocycles. The lowest BCUT2D eigenvalue weighted by Gasteiger charge is -2.15. The highest BCUT2D eigenvalue weighted by Crippen LogP contribution is 2.16. The third-order valence-electron chi connectivity index (χ3n) is 3.28. The Kier molecular flexibility index (Phi) is 4.44. The second-order valence-electron chi connectivity index (χ2n) is 4.79. The standard InChI is InChI=1S/C15H19N3O/c1-3-12(10-18-11(2)19)8-13-4-5-14-15(9-13)17-7-6-16-14/h4-7,9,12H,3,8,10H2,1-2H3,(H,18,19). The fourth-order valence-electron chi connectivity index (χ4n) is 2.12. The molecule has 1 aromatic carbocycles. The van der Waals surface area contributed by atoms with Crippen molar-refractivity contribution in [3.05, 3.63) is 36.2 Å². The van der Waals surface area contributed by atoms with Crippen molar-refractivity contribution in [3.63, 3.8) is 0 Å². The summed E-state index contributed by atoms with van der Waals surface area (Å²) in [5.74, 6) is 0.487. The summed E-state index contributed by atoms with van der Waals surface area (Å²) >= 11 is 0. The van der Waals surface area contributed by atoms with Crippen molar-refractivity contribution in [2.24, 2.45) is 5.92 Å². The molecular weight excluding hydrogens is 238 g/mol. The van der Waals surface area contributed by atoms with E-state index in [2.05, 4.69) is 34.3 Å². The van der Waals surface area contributed by atoms with E-state index in [9.17, 15) is 4.79 Å². The van der Waals surface area contributed by atoms with Crippen molar-refractivity contribution >= 4 is 16.9 Å². The summed E-state index contributed by atoms with van der Waals surface area (Å²) in [6.07, 6.45) is 5.40. The number of amides is 1. The van der Waals surface area contributed by atoms with Crippen molar-refractivity contribution in [2.45, 2.75) is 26.7 Å². The number of nitrogens with zero attached hydrogens (tertiary/aromatic N) is 2. The van der Waals surface area contributed by atoms with Crippen molar-refractivity contribution in [2.75, 3.05) is 6.54 Å². The number of carbonyl (C=O) groups excluding carboxylic acids is 1. The van der Waals surface area contributed by atoms with Gasteiger partial charge in [0.1, 0.15) is 0 Å². The minimum absolute atomic E-state index is 0.0304. The van der Waals surface area contributed by atoms with E-state index in [1.807, 2.05) is 6.07 Å². The van der Waals surface area contributed by atoms with E-state index in [-0.39, 0.29) is 5.91 Å². The average molecular weight is 257 g/mol. The van der Waals surface area contributed by atoms with Gasteiger partial charge in [-0.1, -0.05) is 19.4 Å². The second-order valence-corrected chi connectivity index (χ2v) is 4.79. The molecule has 0 aliphatic heterocycles. The van der Waals surface area contributed by atoms with Gasteiger partial charge in [0.15, 0.2) is 0 Å². The van der Waals surface area contributed by atoms with Crippen LogP contribution >= 0.6 is 0 Å². The summed E-state index contributed by atoms with van der Waals surface area (Å²) in [4.78, 5) is 19.5. The first-order valence-electron chi connectivity index (χ1n) is 6.63. The summed E-state index contributed by atoms with van der Waals surface area (Å²) in [7, 11) is 0. The lowest BCUT2D eigenvalue weighted by Crippen LogP contribution is -2.27. The summed E-state index contributed by atoms with van der Waals surface area (Å²) in [6, 6.07) is 6.18. The fraction of sp³-hybridized carbons (Fsp3) is 0.400. The van der Waals surface area contributed by atoms with Gasteiger partial charge in [0.05, 0.1) is 11.0 Å². The molecule has 1 atom stereocenters. The Balaban J connectivity index is 2.08. The molecule has 4 nitrogen and oxygen atoms in total. The number of hydrogen-bond donors (Lipinski definition) is 1. The number of fused-ring (bicyclic) bond motifs is 1. The van der Waals surface area contributed by atoms with Crippen LogP contribution in [0.2, 0.25) is 0 Å². The van der Waals surface area contributed by atoms with Crippen LogP contribution in [-0.4, -0.2) is 22.4 Å². The number of aromatic nitrogens is 2. The first-order valence-corrected chi connectivity index (χ1v) is 6.63. The lowest BCUT2D eigenvalue weighted by atomic mass is 9.96. The Labute approximate surface area is 113 Å².